The molecule has 0 radical (unpaired) electrons. The molecule has 124 valence electrons. The van der Waals surface area contributed by atoms with Crippen LogP contribution in [0.2, 0.25) is 0 Å². The first-order valence-corrected chi connectivity index (χ1v) is 7.96. The minimum atomic E-state index is -0.801. The number of rotatable bonds is 2. The second-order valence-electron chi connectivity index (χ2n) is 6.00. The summed E-state index contributed by atoms with van der Waals surface area (Å²) in [4.78, 5) is 11.1. The first-order chi connectivity index (χ1) is 12.1. The number of hydrogen-bond acceptors (Lipinski definition) is 3. The molecule has 0 spiro atoms. The molecule has 0 aromatic heterocycles. The Morgan fingerprint density at radius 2 is 1.88 bits per heavy atom. The van der Waals surface area contributed by atoms with Gasteiger partial charge in [-0.3, -0.25) is 0 Å². The molecule has 0 bridgehead atoms. The summed E-state index contributed by atoms with van der Waals surface area (Å²) >= 11 is 0. The fourth-order valence-electron chi connectivity index (χ4n) is 3.14. The third kappa shape index (κ3) is 2.93. The number of fused-ring (bicyclic) bond motifs is 2. The van der Waals surface area contributed by atoms with Gasteiger partial charge in [0.25, 0.3) is 0 Å². The van der Waals surface area contributed by atoms with Gasteiger partial charge in [0.2, 0.25) is 0 Å². The van der Waals surface area contributed by atoms with E-state index in [9.17, 15) is 9.90 Å². The van der Waals surface area contributed by atoms with Gasteiger partial charge in [0.05, 0.1) is 0 Å². The number of hydrogen-bond donors (Lipinski definition) is 4. The van der Waals surface area contributed by atoms with Gasteiger partial charge in [0.15, 0.2) is 6.23 Å². The molecule has 5 N–H and O–H groups in total. The SMILES string of the molecule is NC(=O)Nc1ccc2c(c1)C(=Cc1ccc3ccccc3c1)C(O)N2. The molecule has 5 nitrogen and oxygen atoms in total. The van der Waals surface area contributed by atoms with E-state index in [1.54, 1.807) is 12.1 Å². The van der Waals surface area contributed by atoms with Crippen LogP contribution in [-0.2, 0) is 0 Å². The third-order valence-corrected chi connectivity index (χ3v) is 4.28. The number of urea groups is 1. The molecule has 2 amide bonds. The lowest BCUT2D eigenvalue weighted by atomic mass is 10.0. The number of benzene rings is 3. The largest absolute Gasteiger partial charge is 0.369 e. The molecule has 3 aromatic carbocycles. The van der Waals surface area contributed by atoms with Crippen molar-refractivity contribution < 1.29 is 9.90 Å². The minimum absolute atomic E-state index is 0.589. The van der Waals surface area contributed by atoms with Crippen molar-refractivity contribution in [2.75, 3.05) is 10.6 Å². The maximum absolute atomic E-state index is 11.1. The van der Waals surface area contributed by atoms with Gasteiger partial charge in [0, 0.05) is 22.5 Å². The number of nitrogens with one attached hydrogen (secondary N) is 2. The Morgan fingerprint density at radius 3 is 2.68 bits per heavy atom. The van der Waals surface area contributed by atoms with E-state index in [0.29, 0.717) is 5.69 Å². The Bertz CT molecular complexity index is 1010. The van der Waals surface area contributed by atoms with Gasteiger partial charge in [-0.05, 0) is 46.7 Å². The van der Waals surface area contributed by atoms with Crippen molar-refractivity contribution in [3.05, 3.63) is 71.8 Å². The molecule has 0 aliphatic carbocycles. The van der Waals surface area contributed by atoms with E-state index in [1.807, 2.05) is 30.3 Å². The summed E-state index contributed by atoms with van der Waals surface area (Å²) in [6.07, 6.45) is 1.15. The highest BCUT2D eigenvalue weighted by Crippen LogP contribution is 2.37. The van der Waals surface area contributed by atoms with E-state index < -0.39 is 12.3 Å². The molecule has 1 aliphatic heterocycles. The topological polar surface area (TPSA) is 87.4 Å². The van der Waals surface area contributed by atoms with Crippen molar-refractivity contribution in [2.45, 2.75) is 6.23 Å². The smallest absolute Gasteiger partial charge is 0.316 e. The van der Waals surface area contributed by atoms with Gasteiger partial charge in [-0.2, -0.15) is 0 Å². The van der Waals surface area contributed by atoms with E-state index in [2.05, 4.69) is 34.9 Å². The van der Waals surface area contributed by atoms with Gasteiger partial charge in [0.1, 0.15) is 0 Å². The fourth-order valence-corrected chi connectivity index (χ4v) is 3.14. The van der Waals surface area contributed by atoms with E-state index in [-0.39, 0.29) is 0 Å². The highest BCUT2D eigenvalue weighted by atomic mass is 16.3. The number of aliphatic hydroxyl groups is 1. The average molecular weight is 331 g/mol. The lowest BCUT2D eigenvalue weighted by Gasteiger charge is -2.07. The van der Waals surface area contributed by atoms with Crippen LogP contribution in [0.25, 0.3) is 22.4 Å². The summed E-state index contributed by atoms with van der Waals surface area (Å²) in [5.41, 5.74) is 9.17. The molecule has 0 saturated heterocycles. The predicted octanol–water partition coefficient (Wildman–Crippen LogP) is 3.61. The first kappa shape index (κ1) is 15.2. The van der Waals surface area contributed by atoms with E-state index in [0.717, 1.165) is 27.8 Å². The van der Waals surface area contributed by atoms with Crippen LogP contribution < -0.4 is 16.4 Å². The predicted molar refractivity (Wildman–Crippen MR) is 101 cm³/mol. The van der Waals surface area contributed by atoms with Crippen molar-refractivity contribution in [3.8, 4) is 0 Å². The van der Waals surface area contributed by atoms with Gasteiger partial charge in [-0.25, -0.2) is 4.79 Å². The summed E-state index contributed by atoms with van der Waals surface area (Å²) < 4.78 is 0. The molecule has 0 fully saturated rings. The molecule has 1 unspecified atom stereocenters. The lowest BCUT2D eigenvalue weighted by Crippen LogP contribution is -2.19. The average Bonchev–Trinajstić information content (AvgIpc) is 2.90. The summed E-state index contributed by atoms with van der Waals surface area (Å²) in [6, 6.07) is 19.0. The Hall–Kier alpha value is -3.31. The number of anilines is 2. The highest BCUT2D eigenvalue weighted by Gasteiger charge is 2.24. The van der Waals surface area contributed by atoms with Gasteiger partial charge < -0.3 is 21.5 Å². The summed E-state index contributed by atoms with van der Waals surface area (Å²) in [5.74, 6) is 0. The molecule has 0 saturated carbocycles. The van der Waals surface area contributed by atoms with Crippen LogP contribution in [-0.4, -0.2) is 17.4 Å². The van der Waals surface area contributed by atoms with Gasteiger partial charge in [-0.15, -0.1) is 0 Å². The molecule has 4 rings (SSSR count). The molecular formula is C20H17N3O2. The van der Waals surface area contributed by atoms with Crippen LogP contribution >= 0.6 is 0 Å². The number of primary amides is 1. The zero-order chi connectivity index (χ0) is 17.4. The van der Waals surface area contributed by atoms with E-state index >= 15 is 0 Å². The molecule has 25 heavy (non-hydrogen) atoms. The molecule has 1 aliphatic rings. The Morgan fingerprint density at radius 1 is 1.08 bits per heavy atom. The minimum Gasteiger partial charge on any atom is -0.369 e. The molecule has 1 heterocycles. The van der Waals surface area contributed by atoms with Crippen LogP contribution in [0.5, 0.6) is 0 Å². The Labute approximate surface area is 144 Å². The lowest BCUT2D eigenvalue weighted by molar-refractivity contribution is 0.259. The van der Waals surface area contributed by atoms with E-state index in [4.69, 9.17) is 5.73 Å². The molecule has 1 atom stereocenters. The van der Waals surface area contributed by atoms with Crippen molar-refractivity contribution in [1.82, 2.24) is 0 Å². The number of carbonyl (C=O) groups is 1. The maximum atomic E-state index is 11.1. The van der Waals surface area contributed by atoms with Crippen LogP contribution in [0.4, 0.5) is 16.2 Å². The number of amides is 2. The van der Waals surface area contributed by atoms with Crippen molar-refractivity contribution in [2.24, 2.45) is 5.73 Å². The standard InChI is InChI=1S/C20H17N3O2/c21-20(25)22-15-7-8-18-16(11-15)17(19(24)23-18)10-12-5-6-13-3-1-2-4-14(13)9-12/h1-11,19,23-24H,(H3,21,22,25). The van der Waals surface area contributed by atoms with Crippen molar-refractivity contribution >= 4 is 39.8 Å². The maximum Gasteiger partial charge on any atom is 0.316 e. The monoisotopic (exact) mass is 331 g/mol. The molecule has 5 heteroatoms. The second kappa shape index (κ2) is 5.96. The summed E-state index contributed by atoms with van der Waals surface area (Å²) in [5, 5.41) is 18.3. The highest BCUT2D eigenvalue weighted by molar-refractivity contribution is 5.98. The zero-order valence-electron chi connectivity index (χ0n) is 13.4. The van der Waals surface area contributed by atoms with Crippen LogP contribution in [0.1, 0.15) is 11.1 Å². The number of aliphatic hydroxyl groups excluding tert-OH is 1. The van der Waals surface area contributed by atoms with Crippen LogP contribution in [0.15, 0.2) is 60.7 Å². The van der Waals surface area contributed by atoms with E-state index in [1.165, 1.54) is 5.39 Å². The molecule has 3 aromatic rings. The fraction of sp³-hybridized carbons (Fsp3) is 0.0500. The van der Waals surface area contributed by atoms with Crippen LogP contribution in [0, 0.1) is 0 Å². The quantitative estimate of drug-likeness (QED) is 0.578. The van der Waals surface area contributed by atoms with Gasteiger partial charge >= 0.3 is 6.03 Å². The zero-order valence-corrected chi connectivity index (χ0v) is 13.4. The van der Waals surface area contributed by atoms with Crippen molar-refractivity contribution in [1.29, 1.82) is 0 Å². The molecular weight excluding hydrogens is 314 g/mol. The summed E-state index contributed by atoms with van der Waals surface area (Å²) in [6.45, 7) is 0. The number of carbonyl (C=O) groups excluding carboxylic acids is 1. The normalized spacial score (nSPS) is 17.3. The first-order valence-electron chi connectivity index (χ1n) is 7.96. The Kier molecular flexibility index (Phi) is 3.63. The number of nitrogens with two attached hydrogens (primary N) is 1. The van der Waals surface area contributed by atoms with Gasteiger partial charge in [-0.1, -0.05) is 36.4 Å². The Balaban J connectivity index is 1.77. The third-order valence-electron chi connectivity index (χ3n) is 4.28. The second-order valence-corrected chi connectivity index (χ2v) is 6.00. The summed E-state index contributed by atoms with van der Waals surface area (Å²) in [7, 11) is 0. The van der Waals surface area contributed by atoms with Crippen LogP contribution in [0.3, 0.4) is 0 Å². The van der Waals surface area contributed by atoms with Crippen molar-refractivity contribution in [3.63, 3.8) is 0 Å².